The van der Waals surface area contributed by atoms with Crippen LogP contribution in [-0.4, -0.2) is 39.8 Å². The van der Waals surface area contributed by atoms with Gasteiger partial charge >= 0.3 is 0 Å². The molecule has 0 aliphatic heterocycles. The van der Waals surface area contributed by atoms with E-state index in [4.69, 9.17) is 4.52 Å². The van der Waals surface area contributed by atoms with Gasteiger partial charge in [-0.3, -0.25) is 4.90 Å². The summed E-state index contributed by atoms with van der Waals surface area (Å²) in [5.41, 5.74) is -0.108. The van der Waals surface area contributed by atoms with Crippen molar-refractivity contribution in [3.05, 3.63) is 11.7 Å². The molecule has 0 fully saturated rings. The molecule has 0 amide bonds. The van der Waals surface area contributed by atoms with Gasteiger partial charge in [-0.15, -0.1) is 0 Å². The fourth-order valence-electron chi connectivity index (χ4n) is 1.35. The third kappa shape index (κ3) is 4.83. The van der Waals surface area contributed by atoms with Gasteiger partial charge in [0.25, 0.3) is 0 Å². The largest absolute Gasteiger partial charge is 0.393 e. The van der Waals surface area contributed by atoms with Crippen molar-refractivity contribution in [3.8, 4) is 0 Å². The molecule has 5 nitrogen and oxygen atoms in total. The van der Waals surface area contributed by atoms with Gasteiger partial charge in [-0.25, -0.2) is 0 Å². The van der Waals surface area contributed by atoms with Crippen LogP contribution in [0, 0.1) is 0 Å². The highest BCUT2D eigenvalue weighted by atomic mass is 16.5. The first-order chi connectivity index (χ1) is 7.79. The summed E-state index contributed by atoms with van der Waals surface area (Å²) in [6.07, 6.45) is 0.480. The van der Waals surface area contributed by atoms with Gasteiger partial charge in [0.2, 0.25) is 5.89 Å². The van der Waals surface area contributed by atoms with Crippen molar-refractivity contribution < 1.29 is 9.63 Å². The van der Waals surface area contributed by atoms with E-state index >= 15 is 0 Å². The van der Waals surface area contributed by atoms with E-state index in [0.29, 0.717) is 18.3 Å². The molecule has 17 heavy (non-hydrogen) atoms. The number of aliphatic hydroxyl groups is 1. The molecule has 1 heterocycles. The van der Waals surface area contributed by atoms with E-state index in [1.165, 1.54) is 0 Å². The Labute approximate surface area is 103 Å². The van der Waals surface area contributed by atoms with Gasteiger partial charge in [-0.2, -0.15) is 4.98 Å². The van der Waals surface area contributed by atoms with Crippen molar-refractivity contribution in [3.63, 3.8) is 0 Å². The van der Waals surface area contributed by atoms with E-state index in [2.05, 4.69) is 15.0 Å². The third-order valence-electron chi connectivity index (χ3n) is 2.45. The molecule has 0 aromatic carbocycles. The Morgan fingerprint density at radius 2 is 2.06 bits per heavy atom. The first-order valence-electron chi connectivity index (χ1n) is 5.98. The zero-order chi connectivity index (χ0) is 13.1. The first-order valence-corrected chi connectivity index (χ1v) is 5.98. The highest BCUT2D eigenvalue weighted by Crippen LogP contribution is 2.19. The molecular weight excluding hydrogens is 218 g/mol. The second-order valence-electron chi connectivity index (χ2n) is 5.64. The number of aliphatic hydroxyl groups excluding tert-OH is 1. The number of nitrogens with zero attached hydrogens (tertiary/aromatic N) is 3. The fourth-order valence-corrected chi connectivity index (χ4v) is 1.35. The summed E-state index contributed by atoms with van der Waals surface area (Å²) >= 11 is 0. The lowest BCUT2D eigenvalue weighted by Crippen LogP contribution is -2.22. The quantitative estimate of drug-likeness (QED) is 0.847. The predicted molar refractivity (Wildman–Crippen MR) is 65.6 cm³/mol. The smallest absolute Gasteiger partial charge is 0.232 e. The lowest BCUT2D eigenvalue weighted by Gasteiger charge is -2.15. The number of hydrogen-bond acceptors (Lipinski definition) is 5. The van der Waals surface area contributed by atoms with Gasteiger partial charge in [-0.05, 0) is 20.4 Å². The van der Waals surface area contributed by atoms with E-state index in [-0.39, 0.29) is 11.5 Å². The minimum atomic E-state index is -0.271. The van der Waals surface area contributed by atoms with Crippen LogP contribution in [0.2, 0.25) is 0 Å². The Bertz CT molecular complexity index is 342. The number of aromatic nitrogens is 2. The summed E-state index contributed by atoms with van der Waals surface area (Å²) in [6, 6.07) is 0. The third-order valence-corrected chi connectivity index (χ3v) is 2.45. The second kappa shape index (κ2) is 5.60. The minimum absolute atomic E-state index is 0.108. The van der Waals surface area contributed by atoms with Crippen molar-refractivity contribution in [1.29, 1.82) is 0 Å². The molecule has 1 aromatic heterocycles. The fraction of sp³-hybridized carbons (Fsp3) is 0.833. The van der Waals surface area contributed by atoms with Crippen molar-refractivity contribution in [2.75, 3.05) is 13.6 Å². The molecule has 1 aromatic rings. The predicted octanol–water partition coefficient (Wildman–Crippen LogP) is 1.57. The van der Waals surface area contributed by atoms with Crippen molar-refractivity contribution >= 4 is 0 Å². The summed E-state index contributed by atoms with van der Waals surface area (Å²) in [5, 5.41) is 13.2. The average molecular weight is 241 g/mol. The molecular formula is C12H23N3O2. The van der Waals surface area contributed by atoms with Crippen LogP contribution in [0.25, 0.3) is 0 Å². The van der Waals surface area contributed by atoms with Crippen molar-refractivity contribution in [2.45, 2.75) is 52.2 Å². The molecule has 1 N–H and O–H groups in total. The van der Waals surface area contributed by atoms with Crippen LogP contribution in [0.3, 0.4) is 0 Å². The van der Waals surface area contributed by atoms with Crippen LogP contribution in [0.1, 0.15) is 45.8 Å². The van der Waals surface area contributed by atoms with Gasteiger partial charge in [-0.1, -0.05) is 25.9 Å². The van der Waals surface area contributed by atoms with E-state index < -0.39 is 0 Å². The van der Waals surface area contributed by atoms with Crippen LogP contribution < -0.4 is 0 Å². The Morgan fingerprint density at radius 1 is 1.41 bits per heavy atom. The molecule has 1 rings (SSSR count). The van der Waals surface area contributed by atoms with Crippen molar-refractivity contribution in [2.24, 2.45) is 0 Å². The molecule has 0 saturated heterocycles. The zero-order valence-corrected chi connectivity index (χ0v) is 11.4. The summed E-state index contributed by atoms with van der Waals surface area (Å²) < 4.78 is 5.22. The van der Waals surface area contributed by atoms with E-state index in [1.807, 2.05) is 27.8 Å². The van der Waals surface area contributed by atoms with Gasteiger partial charge in [0.15, 0.2) is 5.82 Å². The second-order valence-corrected chi connectivity index (χ2v) is 5.64. The zero-order valence-electron chi connectivity index (χ0n) is 11.4. The molecule has 1 atom stereocenters. The van der Waals surface area contributed by atoms with E-state index in [1.54, 1.807) is 6.92 Å². The molecule has 0 bridgehead atoms. The van der Waals surface area contributed by atoms with Crippen LogP contribution >= 0.6 is 0 Å². The average Bonchev–Trinajstić information content (AvgIpc) is 2.62. The molecule has 0 saturated carbocycles. The maximum Gasteiger partial charge on any atom is 0.232 e. The van der Waals surface area contributed by atoms with Gasteiger partial charge < -0.3 is 9.63 Å². The molecule has 0 radical (unpaired) electrons. The SMILES string of the molecule is CC(O)CCN(C)Cc1noc(C(C)(C)C)n1. The normalized spacial score (nSPS) is 14.3. The summed E-state index contributed by atoms with van der Waals surface area (Å²) in [7, 11) is 1.98. The number of hydrogen-bond donors (Lipinski definition) is 1. The van der Waals surface area contributed by atoms with Gasteiger partial charge in [0, 0.05) is 12.0 Å². The summed E-state index contributed by atoms with van der Waals surface area (Å²) in [6.45, 7) is 9.38. The molecule has 0 aliphatic rings. The molecule has 0 aliphatic carbocycles. The topological polar surface area (TPSA) is 62.4 Å². The minimum Gasteiger partial charge on any atom is -0.393 e. The first kappa shape index (κ1) is 14.1. The maximum atomic E-state index is 9.20. The van der Waals surface area contributed by atoms with Crippen LogP contribution in [0.15, 0.2) is 4.52 Å². The highest BCUT2D eigenvalue weighted by molar-refractivity contribution is 4.98. The summed E-state index contributed by atoms with van der Waals surface area (Å²) in [4.78, 5) is 6.44. The molecule has 98 valence electrons. The van der Waals surface area contributed by atoms with E-state index in [9.17, 15) is 5.11 Å². The molecule has 5 heteroatoms. The standard InChI is InChI=1S/C12H23N3O2/c1-9(16)6-7-15(5)8-10-13-11(17-14-10)12(2,3)4/h9,16H,6-8H2,1-5H3. The Morgan fingerprint density at radius 3 is 2.53 bits per heavy atom. The maximum absolute atomic E-state index is 9.20. The van der Waals surface area contributed by atoms with Crippen LogP contribution in [0.5, 0.6) is 0 Å². The monoisotopic (exact) mass is 241 g/mol. The lowest BCUT2D eigenvalue weighted by atomic mass is 9.97. The molecule has 0 spiro atoms. The Kier molecular flexibility index (Phi) is 4.65. The molecule has 1 unspecified atom stereocenters. The van der Waals surface area contributed by atoms with Crippen molar-refractivity contribution in [1.82, 2.24) is 15.0 Å². The van der Waals surface area contributed by atoms with Crippen LogP contribution in [-0.2, 0) is 12.0 Å². The van der Waals surface area contributed by atoms with Gasteiger partial charge in [0.05, 0.1) is 12.6 Å². The van der Waals surface area contributed by atoms with Crippen LogP contribution in [0.4, 0.5) is 0 Å². The lowest BCUT2D eigenvalue weighted by molar-refractivity contribution is 0.161. The van der Waals surface area contributed by atoms with Gasteiger partial charge in [0.1, 0.15) is 0 Å². The Hall–Kier alpha value is -0.940. The summed E-state index contributed by atoms with van der Waals surface area (Å²) in [5.74, 6) is 1.36. The van der Waals surface area contributed by atoms with E-state index in [0.717, 1.165) is 13.0 Å². The Balaban J connectivity index is 2.49. The number of rotatable bonds is 5. The highest BCUT2D eigenvalue weighted by Gasteiger charge is 2.21.